The smallest absolute Gasteiger partial charge is 0.238 e. The lowest BCUT2D eigenvalue weighted by molar-refractivity contribution is -0.123. The fourth-order valence-corrected chi connectivity index (χ4v) is 7.18. The number of anilines is 2. The van der Waals surface area contributed by atoms with E-state index in [1.807, 2.05) is 49.3 Å². The third-order valence-corrected chi connectivity index (χ3v) is 9.44. The van der Waals surface area contributed by atoms with Gasteiger partial charge in [0, 0.05) is 36.5 Å². The highest BCUT2D eigenvalue weighted by Crippen LogP contribution is 2.55. The fourth-order valence-electron chi connectivity index (χ4n) is 7.18. The molecule has 7 rings (SSSR count). The van der Waals surface area contributed by atoms with Crippen LogP contribution in [0.15, 0.2) is 110 Å². The summed E-state index contributed by atoms with van der Waals surface area (Å²) >= 11 is 0. The Balaban J connectivity index is 1.18. The molecule has 2 heterocycles. The van der Waals surface area contributed by atoms with Gasteiger partial charge in [-0.2, -0.15) is 10.2 Å². The van der Waals surface area contributed by atoms with Crippen LogP contribution in [0, 0.1) is 17.8 Å². The summed E-state index contributed by atoms with van der Waals surface area (Å²) in [5, 5.41) is 18.3. The first-order valence-corrected chi connectivity index (χ1v) is 15.2. The second-order valence-electron chi connectivity index (χ2n) is 12.3. The molecule has 4 aliphatic rings. The van der Waals surface area contributed by atoms with Crippen molar-refractivity contribution in [3.63, 3.8) is 0 Å². The molecule has 10 nitrogen and oxygen atoms in total. The molecule has 3 aromatic rings. The Bertz CT molecular complexity index is 1910. The molecule has 0 saturated carbocycles. The predicted octanol–water partition coefficient (Wildman–Crippen LogP) is 5.89. The number of imide groups is 1. The second kappa shape index (κ2) is 11.3. The van der Waals surface area contributed by atoms with Gasteiger partial charge < -0.3 is 14.4 Å². The number of nitrogens with zero attached hydrogens (tertiary/aromatic N) is 4. The third kappa shape index (κ3) is 4.76. The van der Waals surface area contributed by atoms with Gasteiger partial charge in [0.15, 0.2) is 11.6 Å². The Morgan fingerprint density at radius 1 is 0.891 bits per heavy atom. The van der Waals surface area contributed by atoms with Gasteiger partial charge in [0.1, 0.15) is 18.1 Å². The molecule has 1 aliphatic heterocycles. The van der Waals surface area contributed by atoms with Crippen LogP contribution in [0.2, 0.25) is 0 Å². The molecule has 1 N–H and O–H groups in total. The normalized spacial score (nSPS) is 24.2. The van der Waals surface area contributed by atoms with Gasteiger partial charge in [0.2, 0.25) is 11.8 Å². The average Bonchev–Trinajstić information content (AvgIpc) is 3.64. The summed E-state index contributed by atoms with van der Waals surface area (Å²) in [5.74, 6) is -2.81. The van der Waals surface area contributed by atoms with Crippen LogP contribution in [0.4, 0.5) is 22.7 Å². The van der Waals surface area contributed by atoms with E-state index in [0.717, 1.165) is 11.3 Å². The lowest BCUT2D eigenvalue weighted by atomic mass is 9.60. The maximum Gasteiger partial charge on any atom is 0.238 e. The number of aliphatic hydroxyl groups is 1. The van der Waals surface area contributed by atoms with Crippen molar-refractivity contribution in [2.45, 2.75) is 32.3 Å². The summed E-state index contributed by atoms with van der Waals surface area (Å²) in [5.41, 5.74) is 4.61. The van der Waals surface area contributed by atoms with Gasteiger partial charge in [-0.15, -0.1) is 0 Å². The summed E-state index contributed by atoms with van der Waals surface area (Å²) in [7, 11) is 3.93. The number of amides is 2. The first-order valence-electron chi connectivity index (χ1n) is 15.2. The molecule has 0 radical (unpaired) electrons. The van der Waals surface area contributed by atoms with E-state index in [9.17, 15) is 24.3 Å². The lowest BCUT2D eigenvalue weighted by Crippen LogP contribution is -2.39. The molecule has 46 heavy (non-hydrogen) atoms. The molecule has 0 spiro atoms. The minimum Gasteiger partial charge on any atom is -0.463 e. The Hall–Kier alpha value is -5.22. The van der Waals surface area contributed by atoms with E-state index in [-0.39, 0.29) is 36.4 Å². The molecule has 232 valence electrons. The number of benzene rings is 2. The van der Waals surface area contributed by atoms with Crippen LogP contribution in [0.5, 0.6) is 0 Å². The first-order chi connectivity index (χ1) is 22.2. The highest BCUT2D eigenvalue weighted by atomic mass is 16.4. The molecule has 4 unspecified atom stereocenters. The summed E-state index contributed by atoms with van der Waals surface area (Å²) in [6.07, 6.45) is 3.79. The number of furan rings is 1. The standard InChI is InChI=1S/C36H32N4O6/c1-19-16-29(42)28-17-27-25(32(33(28)34(19)43)30-15-12-24(18-41)46-30)13-14-26-31(27)36(45)40(35(26)44)23-10-6-21(7-11-23)38-37-20-4-8-22(9-5-20)39(2)3/h4-13,15-16,26-27,31-32,41H,14,17-18H2,1-3H3. The van der Waals surface area contributed by atoms with Gasteiger partial charge in [0.05, 0.1) is 34.8 Å². The lowest BCUT2D eigenvalue weighted by Gasteiger charge is -2.41. The second-order valence-corrected chi connectivity index (χ2v) is 12.3. The van der Waals surface area contributed by atoms with Crippen LogP contribution < -0.4 is 9.80 Å². The number of rotatable bonds is 6. The van der Waals surface area contributed by atoms with Crippen molar-refractivity contribution < 1.29 is 28.7 Å². The molecule has 4 atom stereocenters. The zero-order valence-electron chi connectivity index (χ0n) is 25.6. The van der Waals surface area contributed by atoms with E-state index in [1.54, 1.807) is 43.3 Å². The monoisotopic (exact) mass is 616 g/mol. The van der Waals surface area contributed by atoms with Crippen LogP contribution in [0.1, 0.15) is 37.2 Å². The number of aliphatic hydroxyl groups excluding tert-OH is 1. The summed E-state index contributed by atoms with van der Waals surface area (Å²) in [4.78, 5) is 57.9. The number of carbonyl (C=O) groups is 4. The maximum atomic E-state index is 14.1. The largest absolute Gasteiger partial charge is 0.463 e. The zero-order valence-corrected chi connectivity index (χ0v) is 25.6. The number of Topliss-reactive ketones (excluding diaryl/α,β-unsaturated/α-hetero) is 1. The van der Waals surface area contributed by atoms with Gasteiger partial charge in [-0.3, -0.25) is 24.1 Å². The van der Waals surface area contributed by atoms with E-state index in [2.05, 4.69) is 10.2 Å². The quantitative estimate of drug-likeness (QED) is 0.158. The molecular weight excluding hydrogens is 584 g/mol. The van der Waals surface area contributed by atoms with Gasteiger partial charge in [-0.1, -0.05) is 11.6 Å². The van der Waals surface area contributed by atoms with Crippen LogP contribution in [0.25, 0.3) is 0 Å². The molecule has 2 amide bonds. The zero-order chi connectivity index (χ0) is 32.3. The van der Waals surface area contributed by atoms with Crippen molar-refractivity contribution in [3.05, 3.63) is 107 Å². The van der Waals surface area contributed by atoms with Crippen molar-refractivity contribution in [2.75, 3.05) is 23.9 Å². The van der Waals surface area contributed by atoms with E-state index < -0.39 is 23.7 Å². The number of hydrogen-bond donors (Lipinski definition) is 1. The summed E-state index contributed by atoms with van der Waals surface area (Å²) in [6.45, 7) is 1.30. The molecular formula is C36H32N4O6. The summed E-state index contributed by atoms with van der Waals surface area (Å²) < 4.78 is 5.92. The van der Waals surface area contributed by atoms with E-state index in [1.165, 1.54) is 11.0 Å². The van der Waals surface area contributed by atoms with Gasteiger partial charge in [-0.25, -0.2) is 0 Å². The van der Waals surface area contributed by atoms with Gasteiger partial charge in [-0.05, 0) is 92.4 Å². The third-order valence-electron chi connectivity index (χ3n) is 9.44. The first kappa shape index (κ1) is 29.5. The molecule has 10 heteroatoms. The minimum atomic E-state index is -0.698. The van der Waals surface area contributed by atoms with Crippen LogP contribution in [-0.4, -0.2) is 42.6 Å². The van der Waals surface area contributed by atoms with Crippen molar-refractivity contribution >= 4 is 46.1 Å². The number of hydrogen-bond acceptors (Lipinski definition) is 9. The Morgan fingerprint density at radius 3 is 2.20 bits per heavy atom. The molecule has 1 aromatic heterocycles. The predicted molar refractivity (Wildman–Crippen MR) is 170 cm³/mol. The van der Waals surface area contributed by atoms with Crippen LogP contribution in [0.3, 0.4) is 0 Å². The molecule has 1 fully saturated rings. The van der Waals surface area contributed by atoms with E-state index in [0.29, 0.717) is 51.7 Å². The number of fused-ring (bicyclic) bond motifs is 3. The molecule has 0 bridgehead atoms. The molecule has 3 aliphatic carbocycles. The fraction of sp³-hybridized carbons (Fsp3) is 0.278. The van der Waals surface area contributed by atoms with Crippen molar-refractivity contribution in [2.24, 2.45) is 28.0 Å². The minimum absolute atomic E-state index is 0.183. The van der Waals surface area contributed by atoms with Crippen LogP contribution >= 0.6 is 0 Å². The van der Waals surface area contributed by atoms with E-state index in [4.69, 9.17) is 4.42 Å². The van der Waals surface area contributed by atoms with Gasteiger partial charge >= 0.3 is 0 Å². The number of azo groups is 1. The van der Waals surface area contributed by atoms with E-state index >= 15 is 0 Å². The Labute approximate surface area is 265 Å². The molecule has 1 saturated heterocycles. The Kier molecular flexibility index (Phi) is 7.24. The van der Waals surface area contributed by atoms with Crippen molar-refractivity contribution in [3.8, 4) is 0 Å². The number of carbonyl (C=O) groups excluding carboxylic acids is 4. The average molecular weight is 617 g/mol. The summed E-state index contributed by atoms with van der Waals surface area (Å²) in [6, 6.07) is 17.8. The number of ketones is 2. The SMILES string of the molecule is CC1=CC(=O)C2=C(C1=O)C(c1ccc(CO)o1)C1=CCC3C(=O)N(c4ccc(N=Nc5ccc(N(C)C)cc5)cc4)C(=O)C3C1C2. The highest BCUT2D eigenvalue weighted by molar-refractivity contribution is 6.25. The van der Waals surface area contributed by atoms with Crippen LogP contribution in [-0.2, 0) is 25.8 Å². The number of allylic oxidation sites excluding steroid dienone is 6. The molecule has 2 aromatic carbocycles. The van der Waals surface area contributed by atoms with Crippen molar-refractivity contribution in [1.29, 1.82) is 0 Å². The van der Waals surface area contributed by atoms with Gasteiger partial charge in [0.25, 0.3) is 0 Å². The maximum absolute atomic E-state index is 14.1. The van der Waals surface area contributed by atoms with Crippen molar-refractivity contribution in [1.82, 2.24) is 0 Å². The topological polar surface area (TPSA) is 133 Å². The highest BCUT2D eigenvalue weighted by Gasteiger charge is 2.57. The Morgan fingerprint density at radius 2 is 1.57 bits per heavy atom.